The van der Waals surface area contributed by atoms with Crippen molar-refractivity contribution in [2.75, 3.05) is 5.73 Å². The van der Waals surface area contributed by atoms with Crippen molar-refractivity contribution in [3.63, 3.8) is 0 Å². The van der Waals surface area contributed by atoms with Gasteiger partial charge in [0.25, 0.3) is 0 Å². The van der Waals surface area contributed by atoms with Crippen molar-refractivity contribution < 1.29 is 88.9 Å². The zero-order valence-electron chi connectivity index (χ0n) is 17.2. The quantitative estimate of drug-likeness (QED) is 0.352. The molecule has 164 valence electrons. The number of rotatable bonds is 7. The van der Waals surface area contributed by atoms with Gasteiger partial charge in [-0.2, -0.15) is 13.2 Å². The molecule has 2 heterocycles. The van der Waals surface area contributed by atoms with Gasteiger partial charge in [-0.25, -0.2) is 0 Å². The van der Waals surface area contributed by atoms with Crippen molar-refractivity contribution in [3.8, 4) is 17.1 Å². The SMILES string of the molecule is CCn1cc(C(=O)CCc2noc(-c3ccc(O)cc3)c2C(F)(F)F)c(C(=O)[O-])c1N.[K+]. The molecule has 0 radical (unpaired) electrons. The number of phenolic OH excluding ortho intramolecular Hbond substituents is 1. The Morgan fingerprint density at radius 3 is 2.41 bits per heavy atom. The van der Waals surface area contributed by atoms with E-state index in [0.29, 0.717) is 0 Å². The number of halogens is 3. The van der Waals surface area contributed by atoms with E-state index in [9.17, 15) is 33.0 Å². The molecule has 3 N–H and O–H groups in total. The summed E-state index contributed by atoms with van der Waals surface area (Å²) in [6.45, 7) is 1.97. The van der Waals surface area contributed by atoms with E-state index < -0.39 is 53.4 Å². The number of anilines is 1. The molecular formula is C20H17F3KN3O5. The van der Waals surface area contributed by atoms with Crippen LogP contribution in [0, 0.1) is 0 Å². The van der Waals surface area contributed by atoms with Crippen LogP contribution in [0.5, 0.6) is 5.75 Å². The van der Waals surface area contributed by atoms with Crippen LogP contribution in [-0.4, -0.2) is 26.6 Å². The first kappa shape index (κ1) is 26.1. The number of nitrogens with zero attached hydrogens (tertiary/aromatic N) is 2. The van der Waals surface area contributed by atoms with E-state index in [1.807, 2.05) is 0 Å². The minimum absolute atomic E-state index is 0. The molecule has 0 aliphatic heterocycles. The monoisotopic (exact) mass is 475 g/mol. The van der Waals surface area contributed by atoms with Crippen LogP contribution in [0.1, 0.15) is 45.3 Å². The van der Waals surface area contributed by atoms with Crippen LogP contribution < -0.4 is 62.2 Å². The molecule has 0 fully saturated rings. The second-order valence-electron chi connectivity index (χ2n) is 6.68. The molecule has 0 saturated heterocycles. The fourth-order valence-corrected chi connectivity index (χ4v) is 3.22. The van der Waals surface area contributed by atoms with Gasteiger partial charge in [-0.05, 0) is 31.2 Å². The van der Waals surface area contributed by atoms with Gasteiger partial charge in [0.2, 0.25) is 0 Å². The molecule has 32 heavy (non-hydrogen) atoms. The number of benzene rings is 1. The van der Waals surface area contributed by atoms with Crippen LogP contribution >= 0.6 is 0 Å². The number of carbonyl (C=O) groups excluding carboxylic acids is 2. The molecule has 0 spiro atoms. The van der Waals surface area contributed by atoms with Gasteiger partial charge in [0.05, 0.1) is 11.7 Å². The van der Waals surface area contributed by atoms with E-state index in [1.54, 1.807) is 6.92 Å². The summed E-state index contributed by atoms with van der Waals surface area (Å²) in [6.07, 6.45) is -4.49. The molecular weight excluding hydrogens is 458 g/mol. The molecule has 12 heteroatoms. The molecule has 3 aromatic rings. The standard InChI is InChI=1S/C20H18F3N3O5.K/c1-2-26-9-12(15(18(26)24)19(29)30)14(28)8-7-13-16(20(21,22)23)17(31-25-13)10-3-5-11(27)6-4-10;/h3-6,9,27H,2,7-8,24H2,1H3,(H,29,30);/q;+1/p-1. The number of nitrogen functional groups attached to an aromatic ring is 1. The Morgan fingerprint density at radius 1 is 1.25 bits per heavy atom. The Morgan fingerprint density at radius 2 is 1.88 bits per heavy atom. The number of carboxylic acid groups (broad SMARTS) is 1. The molecule has 0 unspecified atom stereocenters. The summed E-state index contributed by atoms with van der Waals surface area (Å²) in [5.74, 6) is -3.23. The third kappa shape index (κ3) is 5.26. The van der Waals surface area contributed by atoms with Gasteiger partial charge in [-0.3, -0.25) is 4.79 Å². The summed E-state index contributed by atoms with van der Waals surface area (Å²) in [7, 11) is 0. The topological polar surface area (TPSA) is 134 Å². The Balaban J connectivity index is 0.00000363. The maximum absolute atomic E-state index is 13.7. The fourth-order valence-electron chi connectivity index (χ4n) is 3.22. The summed E-state index contributed by atoms with van der Waals surface area (Å²) in [5, 5.41) is 24.2. The van der Waals surface area contributed by atoms with E-state index in [1.165, 1.54) is 35.0 Å². The van der Waals surface area contributed by atoms with Crippen molar-refractivity contribution in [3.05, 3.63) is 52.8 Å². The number of ketones is 1. The van der Waals surface area contributed by atoms with Gasteiger partial charge in [-0.1, -0.05) is 5.16 Å². The number of aromatic hydroxyl groups is 1. The van der Waals surface area contributed by atoms with Gasteiger partial charge in [0.1, 0.15) is 17.1 Å². The number of aromatic carboxylic acids is 1. The number of phenols is 1. The van der Waals surface area contributed by atoms with Crippen LogP contribution in [-0.2, 0) is 19.1 Å². The van der Waals surface area contributed by atoms with Gasteiger partial charge < -0.3 is 29.8 Å². The third-order valence-corrected chi connectivity index (χ3v) is 4.73. The predicted octanol–water partition coefficient (Wildman–Crippen LogP) is -0.347. The average molecular weight is 475 g/mol. The number of aryl methyl sites for hydroxylation is 2. The average Bonchev–Trinajstić information content (AvgIpc) is 3.27. The minimum atomic E-state index is -4.82. The normalized spacial score (nSPS) is 11.2. The van der Waals surface area contributed by atoms with E-state index >= 15 is 0 Å². The third-order valence-electron chi connectivity index (χ3n) is 4.73. The van der Waals surface area contributed by atoms with Crippen molar-refractivity contribution in [2.24, 2.45) is 0 Å². The molecule has 0 aliphatic rings. The number of Topliss-reactive ketones (excluding diaryl/α,β-unsaturated/α-hetero) is 1. The molecule has 0 amide bonds. The maximum atomic E-state index is 13.7. The predicted molar refractivity (Wildman–Crippen MR) is 100 cm³/mol. The van der Waals surface area contributed by atoms with E-state index in [2.05, 4.69) is 5.16 Å². The number of hydrogen-bond donors (Lipinski definition) is 2. The molecule has 0 aliphatic carbocycles. The van der Waals surface area contributed by atoms with Gasteiger partial charge in [-0.15, -0.1) is 0 Å². The summed E-state index contributed by atoms with van der Waals surface area (Å²) in [6, 6.07) is 4.88. The minimum Gasteiger partial charge on any atom is -0.545 e. The number of alkyl halides is 3. The number of nitrogens with two attached hydrogens (primary N) is 1. The molecule has 3 rings (SSSR count). The maximum Gasteiger partial charge on any atom is 1.00 e. The molecule has 0 saturated carbocycles. The van der Waals surface area contributed by atoms with Crippen LogP contribution in [0.25, 0.3) is 11.3 Å². The van der Waals surface area contributed by atoms with Crippen LogP contribution in [0.3, 0.4) is 0 Å². The summed E-state index contributed by atoms with van der Waals surface area (Å²) in [4.78, 5) is 23.9. The van der Waals surface area contributed by atoms with Crippen molar-refractivity contribution in [2.45, 2.75) is 32.5 Å². The van der Waals surface area contributed by atoms with Crippen molar-refractivity contribution >= 4 is 17.6 Å². The Kier molecular flexibility index (Phi) is 8.34. The van der Waals surface area contributed by atoms with Gasteiger partial charge in [0.15, 0.2) is 11.5 Å². The summed E-state index contributed by atoms with van der Waals surface area (Å²) >= 11 is 0. The number of carbonyl (C=O) groups is 2. The largest absolute Gasteiger partial charge is 1.00 e. The smallest absolute Gasteiger partial charge is 0.545 e. The molecule has 2 aromatic heterocycles. The Bertz CT molecular complexity index is 1140. The van der Waals surface area contributed by atoms with Crippen LogP contribution in [0.4, 0.5) is 19.0 Å². The second kappa shape index (κ2) is 10.2. The van der Waals surface area contributed by atoms with Crippen molar-refractivity contribution in [1.29, 1.82) is 0 Å². The first-order valence-corrected chi connectivity index (χ1v) is 9.12. The van der Waals surface area contributed by atoms with E-state index in [0.717, 1.165) is 0 Å². The fraction of sp³-hybridized carbons (Fsp3) is 0.250. The van der Waals surface area contributed by atoms with Crippen molar-refractivity contribution in [1.82, 2.24) is 9.72 Å². The number of aromatic nitrogens is 2. The summed E-state index contributed by atoms with van der Waals surface area (Å²) < 4.78 is 47.3. The molecule has 8 nitrogen and oxygen atoms in total. The first-order chi connectivity index (χ1) is 14.5. The first-order valence-electron chi connectivity index (χ1n) is 9.12. The zero-order chi connectivity index (χ0) is 22.9. The zero-order valence-corrected chi connectivity index (χ0v) is 20.3. The molecule has 0 atom stereocenters. The van der Waals surface area contributed by atoms with Gasteiger partial charge in [0, 0.05) is 42.3 Å². The molecule has 0 bridgehead atoms. The van der Waals surface area contributed by atoms with Crippen LogP contribution in [0.15, 0.2) is 35.0 Å². The Hall–Kier alpha value is -2.12. The second-order valence-corrected chi connectivity index (χ2v) is 6.68. The van der Waals surface area contributed by atoms with Gasteiger partial charge >= 0.3 is 57.6 Å². The van der Waals surface area contributed by atoms with Crippen LogP contribution in [0.2, 0.25) is 0 Å². The van der Waals surface area contributed by atoms with E-state index in [4.69, 9.17) is 10.3 Å². The molecule has 1 aromatic carbocycles. The Labute approximate surface area is 222 Å². The van der Waals surface area contributed by atoms with E-state index in [-0.39, 0.29) is 80.6 Å². The number of hydrogen-bond acceptors (Lipinski definition) is 7. The number of carboxylic acids is 1. The summed E-state index contributed by atoms with van der Waals surface area (Å²) in [5.41, 5.74) is 3.39.